The second kappa shape index (κ2) is 9.13. The number of hydrogen-bond acceptors (Lipinski definition) is 3. The second-order valence-electron chi connectivity index (χ2n) is 9.95. The molecule has 0 aromatic heterocycles. The van der Waals surface area contributed by atoms with Crippen molar-refractivity contribution in [3.63, 3.8) is 0 Å². The fraction of sp³-hybridized carbons (Fsp3) is 0.480. The Hall–Kier alpha value is -2.18. The van der Waals surface area contributed by atoms with Gasteiger partial charge in [-0.15, -0.1) is 0 Å². The van der Waals surface area contributed by atoms with Crippen LogP contribution in [0.15, 0.2) is 53.4 Å². The molecule has 1 heterocycles. The van der Waals surface area contributed by atoms with Crippen LogP contribution in [0.1, 0.15) is 62.5 Å². The van der Waals surface area contributed by atoms with Crippen molar-refractivity contribution in [2.45, 2.75) is 57.9 Å². The second-order valence-corrected chi connectivity index (χ2v) is 11.7. The van der Waals surface area contributed by atoms with Crippen molar-refractivity contribution in [2.75, 3.05) is 13.1 Å². The lowest BCUT2D eigenvalue weighted by Gasteiger charge is -2.35. The number of likely N-dealkylation sites (tertiary alicyclic amines) is 1. The maximum Gasteiger partial charge on any atom is 0.253 e. The molecule has 0 saturated carbocycles. The Labute approximate surface area is 186 Å². The number of rotatable bonds is 5. The highest BCUT2D eigenvalue weighted by atomic mass is 32.2. The molecule has 1 saturated heterocycles. The van der Waals surface area contributed by atoms with Gasteiger partial charge < -0.3 is 4.90 Å². The zero-order valence-electron chi connectivity index (χ0n) is 19.2. The minimum atomic E-state index is -3.60. The molecule has 3 rings (SSSR count). The largest absolute Gasteiger partial charge is 0.338 e. The predicted octanol–water partition coefficient (Wildman–Crippen LogP) is 4.58. The maximum atomic E-state index is 12.8. The highest BCUT2D eigenvalue weighted by Gasteiger charge is 2.26. The first-order chi connectivity index (χ1) is 14.5. The Bertz CT molecular complexity index is 996. The molecule has 168 valence electrons. The molecule has 0 radical (unpaired) electrons. The first-order valence-corrected chi connectivity index (χ1v) is 12.4. The lowest BCUT2D eigenvalue weighted by Crippen LogP contribution is -2.42. The first kappa shape index (κ1) is 23.5. The number of benzene rings is 2. The van der Waals surface area contributed by atoms with Crippen LogP contribution in [0, 0.1) is 11.8 Å². The zero-order valence-corrected chi connectivity index (χ0v) is 20.0. The van der Waals surface area contributed by atoms with Crippen LogP contribution in [0.3, 0.4) is 0 Å². The standard InChI is InChI=1S/C25H34N2O3S/c1-18-14-19(2)17-27(16-18)24(28)21-8-6-20(7-9-21)15-26-31(29,30)23-12-10-22(11-13-23)25(3,4)5/h6-13,18-19,26H,14-17H2,1-5H3/t18-,19-/m1/s1. The van der Waals surface area contributed by atoms with Gasteiger partial charge in [-0.25, -0.2) is 13.1 Å². The number of carbonyl (C=O) groups excluding carboxylic acids is 1. The molecule has 2 aromatic rings. The van der Waals surface area contributed by atoms with E-state index in [0.29, 0.717) is 17.4 Å². The molecule has 1 aliphatic rings. The van der Waals surface area contributed by atoms with E-state index in [9.17, 15) is 13.2 Å². The van der Waals surface area contributed by atoms with Crippen LogP contribution >= 0.6 is 0 Å². The summed E-state index contributed by atoms with van der Waals surface area (Å²) in [4.78, 5) is 15.0. The van der Waals surface area contributed by atoms with Gasteiger partial charge in [0.15, 0.2) is 0 Å². The van der Waals surface area contributed by atoms with E-state index in [0.717, 1.165) is 30.6 Å². The number of sulfonamides is 1. The van der Waals surface area contributed by atoms with Crippen molar-refractivity contribution < 1.29 is 13.2 Å². The molecule has 2 atom stereocenters. The van der Waals surface area contributed by atoms with Gasteiger partial charge >= 0.3 is 0 Å². The van der Waals surface area contributed by atoms with Gasteiger partial charge in [0.2, 0.25) is 10.0 Å². The van der Waals surface area contributed by atoms with Gasteiger partial charge in [0.25, 0.3) is 5.91 Å². The Kier molecular flexibility index (Phi) is 6.92. The molecule has 0 spiro atoms. The molecule has 1 fully saturated rings. The summed E-state index contributed by atoms with van der Waals surface area (Å²) in [5.74, 6) is 1.07. The number of nitrogens with one attached hydrogen (secondary N) is 1. The maximum absolute atomic E-state index is 12.8. The average molecular weight is 443 g/mol. The smallest absolute Gasteiger partial charge is 0.253 e. The van der Waals surface area contributed by atoms with E-state index < -0.39 is 10.0 Å². The molecule has 5 nitrogen and oxygen atoms in total. The molecule has 0 aliphatic carbocycles. The van der Waals surface area contributed by atoms with E-state index in [4.69, 9.17) is 0 Å². The highest BCUT2D eigenvalue weighted by molar-refractivity contribution is 7.89. The van der Waals surface area contributed by atoms with Gasteiger partial charge in [-0.1, -0.05) is 58.9 Å². The predicted molar refractivity (Wildman–Crippen MR) is 124 cm³/mol. The summed E-state index contributed by atoms with van der Waals surface area (Å²) in [6.45, 7) is 12.4. The molecule has 2 aromatic carbocycles. The third kappa shape index (κ3) is 5.95. The summed E-state index contributed by atoms with van der Waals surface area (Å²) in [5, 5.41) is 0. The van der Waals surface area contributed by atoms with Crippen molar-refractivity contribution in [1.82, 2.24) is 9.62 Å². The highest BCUT2D eigenvalue weighted by Crippen LogP contribution is 2.24. The molecule has 6 heteroatoms. The van der Waals surface area contributed by atoms with Crippen LogP contribution in [-0.2, 0) is 22.0 Å². The fourth-order valence-electron chi connectivity index (χ4n) is 4.17. The quantitative estimate of drug-likeness (QED) is 0.737. The van der Waals surface area contributed by atoms with Gasteiger partial charge in [-0.05, 0) is 59.1 Å². The van der Waals surface area contributed by atoms with Crippen molar-refractivity contribution in [1.29, 1.82) is 0 Å². The normalized spacial score (nSPS) is 20.0. The summed E-state index contributed by atoms with van der Waals surface area (Å²) in [6.07, 6.45) is 1.15. The van der Waals surface area contributed by atoms with Crippen LogP contribution < -0.4 is 4.72 Å². The van der Waals surface area contributed by atoms with Gasteiger partial charge in [-0.2, -0.15) is 0 Å². The van der Waals surface area contributed by atoms with Gasteiger partial charge in [0.1, 0.15) is 0 Å². The molecule has 1 aliphatic heterocycles. The van der Waals surface area contributed by atoms with Crippen molar-refractivity contribution in [3.05, 3.63) is 65.2 Å². The van der Waals surface area contributed by atoms with Crippen LogP contribution in [0.2, 0.25) is 0 Å². The Morgan fingerprint density at radius 2 is 1.52 bits per heavy atom. The summed E-state index contributed by atoms with van der Waals surface area (Å²) in [5.41, 5.74) is 2.51. The number of hydrogen-bond donors (Lipinski definition) is 1. The number of nitrogens with zero attached hydrogens (tertiary/aromatic N) is 1. The lowest BCUT2D eigenvalue weighted by atomic mass is 9.87. The number of piperidine rings is 1. The van der Waals surface area contributed by atoms with E-state index in [-0.39, 0.29) is 22.8 Å². The lowest BCUT2D eigenvalue weighted by molar-refractivity contribution is 0.0623. The average Bonchev–Trinajstić information content (AvgIpc) is 2.71. The third-order valence-corrected chi connectivity index (χ3v) is 7.27. The SMILES string of the molecule is C[C@@H]1C[C@@H](C)CN(C(=O)c2ccc(CNS(=O)(=O)c3ccc(C(C)(C)C)cc3)cc2)C1. The fourth-order valence-corrected chi connectivity index (χ4v) is 5.19. The van der Waals surface area contributed by atoms with E-state index in [1.54, 1.807) is 24.3 Å². The molecule has 31 heavy (non-hydrogen) atoms. The zero-order chi connectivity index (χ0) is 22.8. The third-order valence-electron chi connectivity index (χ3n) is 5.85. The minimum Gasteiger partial charge on any atom is -0.338 e. The Morgan fingerprint density at radius 3 is 2.03 bits per heavy atom. The van der Waals surface area contributed by atoms with Crippen molar-refractivity contribution in [2.24, 2.45) is 11.8 Å². The summed E-state index contributed by atoms with van der Waals surface area (Å²) < 4.78 is 27.9. The molecule has 1 N–H and O–H groups in total. The van der Waals surface area contributed by atoms with Gasteiger partial charge in [0, 0.05) is 25.2 Å². The molecule has 1 amide bonds. The van der Waals surface area contributed by atoms with Crippen LogP contribution in [0.5, 0.6) is 0 Å². The van der Waals surface area contributed by atoms with Gasteiger partial charge in [-0.3, -0.25) is 4.79 Å². The van der Waals surface area contributed by atoms with E-state index >= 15 is 0 Å². The Balaban J connectivity index is 1.62. The van der Waals surface area contributed by atoms with Crippen LogP contribution in [-0.4, -0.2) is 32.3 Å². The van der Waals surface area contributed by atoms with E-state index in [1.807, 2.05) is 29.2 Å². The number of carbonyl (C=O) groups is 1. The Morgan fingerprint density at radius 1 is 0.968 bits per heavy atom. The van der Waals surface area contributed by atoms with E-state index in [1.165, 1.54) is 0 Å². The van der Waals surface area contributed by atoms with Crippen LogP contribution in [0.4, 0.5) is 0 Å². The summed E-state index contributed by atoms with van der Waals surface area (Å²) in [6, 6.07) is 14.2. The van der Waals surface area contributed by atoms with Gasteiger partial charge in [0.05, 0.1) is 4.90 Å². The molecule has 0 bridgehead atoms. The van der Waals surface area contributed by atoms with Crippen molar-refractivity contribution in [3.8, 4) is 0 Å². The number of amides is 1. The summed E-state index contributed by atoms with van der Waals surface area (Å²) >= 11 is 0. The summed E-state index contributed by atoms with van der Waals surface area (Å²) in [7, 11) is -3.60. The molecule has 0 unspecified atom stereocenters. The first-order valence-electron chi connectivity index (χ1n) is 10.9. The molecular formula is C25H34N2O3S. The van der Waals surface area contributed by atoms with Crippen molar-refractivity contribution >= 4 is 15.9 Å². The minimum absolute atomic E-state index is 0.0286. The monoisotopic (exact) mass is 442 g/mol. The molecular weight excluding hydrogens is 408 g/mol. The topological polar surface area (TPSA) is 66.5 Å². The van der Waals surface area contributed by atoms with Crippen LogP contribution in [0.25, 0.3) is 0 Å². The van der Waals surface area contributed by atoms with E-state index in [2.05, 4.69) is 39.3 Å².